The number of hydrogen-bond acceptors (Lipinski definition) is 3. The standard InChI is InChI=1S/C29H30BrClN4O2/c1-4-26(34(17-16-19(2)3)29(37)32-22-14-12-20(30)13-15-22)27-33-25-11-6-5-10-24(25)28(36)35(27)23-9-7-8-21(31)18-23/h5-15,18-19,26H,4,16-17H2,1-3H3,(H,32,37). The molecule has 1 unspecified atom stereocenters. The summed E-state index contributed by atoms with van der Waals surface area (Å²) in [7, 11) is 0. The van der Waals surface area contributed by atoms with Crippen molar-refractivity contribution >= 4 is 50.2 Å². The molecule has 4 rings (SSSR count). The number of urea groups is 1. The highest BCUT2D eigenvalue weighted by Gasteiger charge is 2.29. The molecule has 0 spiro atoms. The molecule has 0 radical (unpaired) electrons. The molecule has 0 aliphatic heterocycles. The third kappa shape index (κ3) is 6.22. The highest BCUT2D eigenvalue weighted by molar-refractivity contribution is 9.10. The Bertz CT molecular complexity index is 1450. The Kier molecular flexibility index (Phi) is 8.67. The summed E-state index contributed by atoms with van der Waals surface area (Å²) in [5.41, 5.74) is 1.70. The van der Waals surface area contributed by atoms with Crippen LogP contribution in [-0.4, -0.2) is 27.0 Å². The number of carbonyl (C=O) groups is 1. The van der Waals surface area contributed by atoms with Crippen LogP contribution < -0.4 is 10.9 Å². The van der Waals surface area contributed by atoms with E-state index in [1.165, 1.54) is 0 Å². The third-order valence-electron chi connectivity index (χ3n) is 6.23. The number of aromatic nitrogens is 2. The van der Waals surface area contributed by atoms with E-state index < -0.39 is 6.04 Å². The van der Waals surface area contributed by atoms with Crippen LogP contribution in [-0.2, 0) is 0 Å². The van der Waals surface area contributed by atoms with Crippen molar-refractivity contribution in [2.45, 2.75) is 39.7 Å². The van der Waals surface area contributed by atoms with Gasteiger partial charge in [-0.3, -0.25) is 9.36 Å². The molecule has 0 bridgehead atoms. The quantitative estimate of drug-likeness (QED) is 0.231. The van der Waals surface area contributed by atoms with E-state index in [-0.39, 0.29) is 11.6 Å². The number of nitrogens with zero attached hydrogens (tertiary/aromatic N) is 3. The van der Waals surface area contributed by atoms with Crippen LogP contribution in [0.15, 0.2) is 82.1 Å². The lowest BCUT2D eigenvalue weighted by atomic mass is 10.1. The maximum Gasteiger partial charge on any atom is 0.322 e. The number of amides is 2. The van der Waals surface area contributed by atoms with Crippen molar-refractivity contribution < 1.29 is 4.79 Å². The van der Waals surface area contributed by atoms with Crippen molar-refractivity contribution in [1.29, 1.82) is 0 Å². The van der Waals surface area contributed by atoms with Gasteiger partial charge in [0.1, 0.15) is 5.82 Å². The Morgan fingerprint density at radius 1 is 1.08 bits per heavy atom. The molecule has 192 valence electrons. The number of carbonyl (C=O) groups excluding carboxylic acids is 1. The van der Waals surface area contributed by atoms with E-state index in [0.29, 0.717) is 52.0 Å². The number of nitrogens with one attached hydrogen (secondary N) is 1. The molecular formula is C29H30BrClN4O2. The van der Waals surface area contributed by atoms with Gasteiger partial charge < -0.3 is 10.2 Å². The Morgan fingerprint density at radius 2 is 1.81 bits per heavy atom. The fourth-order valence-corrected chi connectivity index (χ4v) is 4.75. The maximum atomic E-state index is 13.8. The van der Waals surface area contributed by atoms with Gasteiger partial charge in [-0.1, -0.05) is 66.5 Å². The summed E-state index contributed by atoms with van der Waals surface area (Å²) in [6.07, 6.45) is 1.37. The van der Waals surface area contributed by atoms with Gasteiger partial charge in [0.2, 0.25) is 0 Å². The second-order valence-corrected chi connectivity index (χ2v) is 10.7. The normalized spacial score (nSPS) is 12.1. The molecule has 1 aromatic heterocycles. The van der Waals surface area contributed by atoms with E-state index >= 15 is 0 Å². The minimum Gasteiger partial charge on any atom is -0.314 e. The molecule has 0 aliphatic carbocycles. The third-order valence-corrected chi connectivity index (χ3v) is 7.00. The van der Waals surface area contributed by atoms with Crippen molar-refractivity contribution in [2.75, 3.05) is 11.9 Å². The molecule has 8 heteroatoms. The van der Waals surface area contributed by atoms with Crippen molar-refractivity contribution in [2.24, 2.45) is 5.92 Å². The highest BCUT2D eigenvalue weighted by Crippen LogP contribution is 2.28. The highest BCUT2D eigenvalue weighted by atomic mass is 79.9. The largest absolute Gasteiger partial charge is 0.322 e. The molecule has 0 aliphatic rings. The fourth-order valence-electron chi connectivity index (χ4n) is 4.31. The molecule has 6 nitrogen and oxygen atoms in total. The predicted octanol–water partition coefficient (Wildman–Crippen LogP) is 7.83. The van der Waals surface area contributed by atoms with Gasteiger partial charge in [-0.25, -0.2) is 9.78 Å². The van der Waals surface area contributed by atoms with Crippen molar-refractivity contribution in [1.82, 2.24) is 14.5 Å². The number of benzene rings is 3. The number of halogens is 2. The van der Waals surface area contributed by atoms with Gasteiger partial charge in [-0.2, -0.15) is 0 Å². The Hall–Kier alpha value is -3.16. The number of hydrogen-bond donors (Lipinski definition) is 1. The van der Waals surface area contributed by atoms with Crippen LogP contribution >= 0.6 is 27.5 Å². The van der Waals surface area contributed by atoms with Crippen molar-refractivity contribution in [3.63, 3.8) is 0 Å². The van der Waals surface area contributed by atoms with Crippen LogP contribution in [0.25, 0.3) is 16.6 Å². The van der Waals surface area contributed by atoms with Crippen LogP contribution in [0.1, 0.15) is 45.5 Å². The SMILES string of the molecule is CCC(c1nc2ccccc2c(=O)n1-c1cccc(Cl)c1)N(CCC(C)C)C(=O)Nc1ccc(Br)cc1. The van der Waals surface area contributed by atoms with Gasteiger partial charge >= 0.3 is 6.03 Å². The Balaban J connectivity index is 1.86. The molecule has 3 aromatic carbocycles. The minimum absolute atomic E-state index is 0.196. The van der Waals surface area contributed by atoms with Crippen molar-refractivity contribution in [3.05, 3.63) is 98.5 Å². The second-order valence-electron chi connectivity index (χ2n) is 9.34. The summed E-state index contributed by atoms with van der Waals surface area (Å²) < 4.78 is 2.52. The molecule has 37 heavy (non-hydrogen) atoms. The Morgan fingerprint density at radius 3 is 2.49 bits per heavy atom. The van der Waals surface area contributed by atoms with Gasteiger partial charge in [0, 0.05) is 21.7 Å². The number of rotatable bonds is 8. The molecule has 0 fully saturated rings. The zero-order valence-corrected chi connectivity index (χ0v) is 23.5. The number of fused-ring (bicyclic) bond motifs is 1. The lowest BCUT2D eigenvalue weighted by molar-refractivity contribution is 0.176. The van der Waals surface area contributed by atoms with Crippen LogP contribution in [0.5, 0.6) is 0 Å². The van der Waals surface area contributed by atoms with Crippen molar-refractivity contribution in [3.8, 4) is 5.69 Å². The molecule has 0 saturated heterocycles. The molecule has 0 saturated carbocycles. The second kappa shape index (κ2) is 11.9. The van der Waals surface area contributed by atoms with Crippen LogP contribution in [0.2, 0.25) is 5.02 Å². The number of para-hydroxylation sites is 1. The van der Waals surface area contributed by atoms with Gasteiger partial charge in [-0.15, -0.1) is 0 Å². The first-order valence-corrected chi connectivity index (χ1v) is 13.6. The van der Waals surface area contributed by atoms with E-state index in [9.17, 15) is 9.59 Å². The molecule has 1 N–H and O–H groups in total. The summed E-state index contributed by atoms with van der Waals surface area (Å²) in [5, 5.41) is 4.05. The molecule has 2 amide bonds. The maximum absolute atomic E-state index is 13.8. The average molecular weight is 582 g/mol. The topological polar surface area (TPSA) is 67.2 Å². The summed E-state index contributed by atoms with van der Waals surface area (Å²) in [6.45, 7) is 6.77. The summed E-state index contributed by atoms with van der Waals surface area (Å²) in [5.74, 6) is 0.892. The lowest BCUT2D eigenvalue weighted by Crippen LogP contribution is -2.41. The van der Waals surface area contributed by atoms with Gasteiger partial charge in [0.15, 0.2) is 0 Å². The van der Waals surface area contributed by atoms with E-state index in [1.807, 2.05) is 55.5 Å². The van der Waals surface area contributed by atoms with Gasteiger partial charge in [0.25, 0.3) is 5.56 Å². The predicted molar refractivity (Wildman–Crippen MR) is 155 cm³/mol. The zero-order chi connectivity index (χ0) is 26.5. The lowest BCUT2D eigenvalue weighted by Gasteiger charge is -2.33. The van der Waals surface area contributed by atoms with Crippen LogP contribution in [0, 0.1) is 5.92 Å². The average Bonchev–Trinajstić information content (AvgIpc) is 2.87. The minimum atomic E-state index is -0.453. The molecule has 4 aromatic rings. The Labute approximate surface area is 230 Å². The van der Waals surface area contributed by atoms with Gasteiger partial charge in [-0.05, 0) is 73.4 Å². The summed E-state index contributed by atoms with van der Waals surface area (Å²) in [6, 6.07) is 21.2. The molecule has 1 heterocycles. The van der Waals surface area contributed by atoms with E-state index in [2.05, 4.69) is 35.1 Å². The number of anilines is 1. The van der Waals surface area contributed by atoms with Crippen LogP contribution in [0.3, 0.4) is 0 Å². The van der Waals surface area contributed by atoms with E-state index in [1.54, 1.807) is 33.7 Å². The van der Waals surface area contributed by atoms with E-state index in [0.717, 1.165) is 10.9 Å². The first-order chi connectivity index (χ1) is 17.8. The van der Waals surface area contributed by atoms with Gasteiger partial charge in [0.05, 0.1) is 22.6 Å². The fraction of sp³-hybridized carbons (Fsp3) is 0.276. The summed E-state index contributed by atoms with van der Waals surface area (Å²) >= 11 is 9.75. The van der Waals surface area contributed by atoms with E-state index in [4.69, 9.17) is 16.6 Å². The zero-order valence-electron chi connectivity index (χ0n) is 21.1. The first kappa shape index (κ1) is 26.9. The van der Waals surface area contributed by atoms with Crippen LogP contribution in [0.4, 0.5) is 10.5 Å². The molecule has 1 atom stereocenters. The summed E-state index contributed by atoms with van der Waals surface area (Å²) in [4.78, 5) is 34.3. The molecular weight excluding hydrogens is 552 g/mol. The first-order valence-electron chi connectivity index (χ1n) is 12.4. The monoisotopic (exact) mass is 580 g/mol. The smallest absolute Gasteiger partial charge is 0.314 e.